The molecule has 0 spiro atoms. The maximum Gasteiger partial charge on any atom is 0.272 e. The second-order valence-electron chi connectivity index (χ2n) is 8.19. The number of pyridine rings is 1. The third kappa shape index (κ3) is 5.63. The van der Waals surface area contributed by atoms with Crippen molar-refractivity contribution in [2.45, 2.75) is 38.9 Å². The van der Waals surface area contributed by atoms with Crippen molar-refractivity contribution in [1.29, 1.82) is 0 Å². The van der Waals surface area contributed by atoms with Gasteiger partial charge in [0.25, 0.3) is 5.91 Å². The minimum atomic E-state index is -0.262. The summed E-state index contributed by atoms with van der Waals surface area (Å²) in [5, 5.41) is 8.19. The van der Waals surface area contributed by atoms with Gasteiger partial charge in [-0.05, 0) is 29.7 Å². The molecule has 0 aliphatic carbocycles. The zero-order valence-corrected chi connectivity index (χ0v) is 19.9. The summed E-state index contributed by atoms with van der Waals surface area (Å²) in [5.41, 5.74) is 4.01. The van der Waals surface area contributed by atoms with Gasteiger partial charge in [-0.2, -0.15) is 5.10 Å². The Bertz CT molecular complexity index is 1150. The molecule has 9 heteroatoms. The summed E-state index contributed by atoms with van der Waals surface area (Å²) in [4.78, 5) is 31.9. The zero-order chi connectivity index (χ0) is 23.9. The minimum Gasteiger partial charge on any atom is -0.383 e. The molecule has 34 heavy (non-hydrogen) atoms. The van der Waals surface area contributed by atoms with Crippen molar-refractivity contribution in [3.8, 4) is 0 Å². The molecular formula is C25H28ClN5O3. The highest BCUT2D eigenvalue weighted by Gasteiger charge is 2.30. The molecule has 1 N–H and O–H groups in total. The predicted molar refractivity (Wildman–Crippen MR) is 128 cm³/mol. The lowest BCUT2D eigenvalue weighted by Gasteiger charge is -2.28. The fourth-order valence-electron chi connectivity index (χ4n) is 4.12. The minimum absolute atomic E-state index is 0.0388. The number of methoxy groups -OCH3 is 1. The van der Waals surface area contributed by atoms with E-state index >= 15 is 0 Å². The van der Waals surface area contributed by atoms with Crippen LogP contribution in [0.1, 0.15) is 39.3 Å². The zero-order valence-electron chi connectivity index (χ0n) is 19.2. The van der Waals surface area contributed by atoms with E-state index in [1.165, 1.54) is 0 Å². The summed E-state index contributed by atoms with van der Waals surface area (Å²) < 4.78 is 7.05. The van der Waals surface area contributed by atoms with Crippen LogP contribution < -0.4 is 5.32 Å². The van der Waals surface area contributed by atoms with Crippen molar-refractivity contribution in [3.05, 3.63) is 81.9 Å². The van der Waals surface area contributed by atoms with Crippen LogP contribution in [0.2, 0.25) is 5.02 Å². The van der Waals surface area contributed by atoms with Crippen LogP contribution in [0.4, 0.5) is 0 Å². The van der Waals surface area contributed by atoms with Crippen LogP contribution >= 0.6 is 11.6 Å². The summed E-state index contributed by atoms with van der Waals surface area (Å²) in [6.45, 7) is 2.34. The molecule has 0 radical (unpaired) electrons. The number of aromatic nitrogens is 3. The Kier molecular flexibility index (Phi) is 7.92. The molecule has 1 aliphatic heterocycles. The average Bonchev–Trinajstić information content (AvgIpc) is 3.24. The van der Waals surface area contributed by atoms with E-state index in [0.29, 0.717) is 62.8 Å². The van der Waals surface area contributed by atoms with Crippen LogP contribution in [0.3, 0.4) is 0 Å². The highest BCUT2D eigenvalue weighted by Crippen LogP contribution is 2.24. The molecule has 0 fully saturated rings. The van der Waals surface area contributed by atoms with Crippen molar-refractivity contribution in [2.75, 3.05) is 20.3 Å². The molecule has 0 atom stereocenters. The summed E-state index contributed by atoms with van der Waals surface area (Å²) in [6, 6.07) is 11.3. The lowest BCUT2D eigenvalue weighted by Crippen LogP contribution is -2.37. The Hall–Kier alpha value is -3.23. The lowest BCUT2D eigenvalue weighted by atomic mass is 10.0. The number of nitrogens with one attached hydrogen (secondary N) is 1. The largest absolute Gasteiger partial charge is 0.383 e. The molecule has 3 aromatic rings. The Morgan fingerprint density at radius 1 is 1.21 bits per heavy atom. The highest BCUT2D eigenvalue weighted by atomic mass is 35.5. The van der Waals surface area contributed by atoms with Crippen LogP contribution in [-0.4, -0.2) is 51.7 Å². The van der Waals surface area contributed by atoms with E-state index in [0.717, 1.165) is 22.4 Å². The normalized spacial score (nSPS) is 12.9. The van der Waals surface area contributed by atoms with Crippen LogP contribution in [0.25, 0.3) is 0 Å². The van der Waals surface area contributed by atoms with Crippen molar-refractivity contribution in [2.24, 2.45) is 0 Å². The number of carbonyl (C=O) groups is 2. The first-order valence-corrected chi connectivity index (χ1v) is 11.7. The second kappa shape index (κ2) is 11.3. The van der Waals surface area contributed by atoms with E-state index in [2.05, 4.69) is 15.4 Å². The van der Waals surface area contributed by atoms with Crippen LogP contribution in [0.5, 0.6) is 0 Å². The number of rotatable bonds is 9. The van der Waals surface area contributed by atoms with Crippen LogP contribution in [0.15, 0.2) is 48.8 Å². The highest BCUT2D eigenvalue weighted by molar-refractivity contribution is 6.31. The second-order valence-corrected chi connectivity index (χ2v) is 8.60. The van der Waals surface area contributed by atoms with E-state index in [4.69, 9.17) is 16.3 Å². The monoisotopic (exact) mass is 481 g/mol. The third-order valence-electron chi connectivity index (χ3n) is 5.95. The van der Waals surface area contributed by atoms with E-state index in [1.54, 1.807) is 24.4 Å². The number of amides is 2. The smallest absolute Gasteiger partial charge is 0.272 e. The molecule has 0 unspecified atom stereocenters. The van der Waals surface area contributed by atoms with Crippen LogP contribution in [0, 0.1) is 0 Å². The van der Waals surface area contributed by atoms with Gasteiger partial charge in [0.1, 0.15) is 0 Å². The topological polar surface area (TPSA) is 89.3 Å². The van der Waals surface area contributed by atoms with Crippen LogP contribution in [-0.2, 0) is 42.0 Å². The van der Waals surface area contributed by atoms with Gasteiger partial charge in [-0.25, -0.2) is 0 Å². The van der Waals surface area contributed by atoms with Gasteiger partial charge in [0.15, 0.2) is 5.69 Å². The first-order chi connectivity index (χ1) is 16.6. The quantitative estimate of drug-likeness (QED) is 0.507. The molecule has 3 heterocycles. The molecule has 0 saturated carbocycles. The SMILES string of the molecule is COCCn1nc(C(=O)NCc2cccnc2)c2c1CCN(C(=O)CCc1ccccc1Cl)C2. The Labute approximate surface area is 203 Å². The first kappa shape index (κ1) is 23.9. The third-order valence-corrected chi connectivity index (χ3v) is 6.32. The van der Waals surface area contributed by atoms with Gasteiger partial charge < -0.3 is 15.0 Å². The molecule has 178 valence electrons. The van der Waals surface area contributed by atoms with E-state index in [9.17, 15) is 9.59 Å². The summed E-state index contributed by atoms with van der Waals surface area (Å²) in [5.74, 6) is -0.224. The molecule has 8 nitrogen and oxygen atoms in total. The molecule has 1 aromatic carbocycles. The number of nitrogens with zero attached hydrogens (tertiary/aromatic N) is 4. The fourth-order valence-corrected chi connectivity index (χ4v) is 4.35. The summed E-state index contributed by atoms with van der Waals surface area (Å²) >= 11 is 6.24. The molecular weight excluding hydrogens is 454 g/mol. The number of ether oxygens (including phenoxy) is 1. The Morgan fingerprint density at radius 2 is 2.06 bits per heavy atom. The summed E-state index contributed by atoms with van der Waals surface area (Å²) in [7, 11) is 1.64. The van der Waals surface area contributed by atoms with Crippen molar-refractivity contribution in [3.63, 3.8) is 0 Å². The molecule has 1 aliphatic rings. The molecule has 0 saturated heterocycles. The Morgan fingerprint density at radius 3 is 2.82 bits per heavy atom. The number of benzene rings is 1. The molecule has 4 rings (SSSR count). The Balaban J connectivity index is 1.48. The molecule has 0 bridgehead atoms. The molecule has 2 aromatic heterocycles. The van der Waals surface area contributed by atoms with Gasteiger partial charge in [0.2, 0.25) is 5.91 Å². The van der Waals surface area contributed by atoms with E-state index in [1.807, 2.05) is 41.1 Å². The maximum absolute atomic E-state index is 13.0. The standard InChI is InChI=1S/C25H28ClN5O3/c1-34-14-13-31-22-10-12-30(23(32)9-8-19-6-2-3-7-21(19)26)17-20(22)24(29-31)25(33)28-16-18-5-4-11-27-15-18/h2-7,11,15H,8-10,12-14,16-17H2,1H3,(H,28,33). The fraction of sp³-hybridized carbons (Fsp3) is 0.360. The van der Waals surface area contributed by atoms with Gasteiger partial charge in [-0.1, -0.05) is 35.9 Å². The van der Waals surface area contributed by atoms with Gasteiger partial charge in [0, 0.05) is 68.3 Å². The van der Waals surface area contributed by atoms with Crippen molar-refractivity contribution in [1.82, 2.24) is 25.0 Å². The van der Waals surface area contributed by atoms with Crippen molar-refractivity contribution < 1.29 is 14.3 Å². The number of aryl methyl sites for hydroxylation is 1. The van der Waals surface area contributed by atoms with Gasteiger partial charge in [-0.3, -0.25) is 19.3 Å². The number of hydrogen-bond acceptors (Lipinski definition) is 5. The maximum atomic E-state index is 13.0. The van der Waals surface area contributed by atoms with E-state index in [-0.39, 0.29) is 11.8 Å². The van der Waals surface area contributed by atoms with Gasteiger partial charge >= 0.3 is 0 Å². The van der Waals surface area contributed by atoms with Gasteiger partial charge in [-0.15, -0.1) is 0 Å². The summed E-state index contributed by atoms with van der Waals surface area (Å²) in [6.07, 6.45) is 4.98. The number of carbonyl (C=O) groups excluding carboxylic acids is 2. The average molecular weight is 482 g/mol. The first-order valence-electron chi connectivity index (χ1n) is 11.3. The predicted octanol–water partition coefficient (Wildman–Crippen LogP) is 3.03. The number of fused-ring (bicyclic) bond motifs is 1. The van der Waals surface area contributed by atoms with Gasteiger partial charge in [0.05, 0.1) is 13.2 Å². The van der Waals surface area contributed by atoms with Crippen molar-refractivity contribution >= 4 is 23.4 Å². The number of halogens is 1. The van der Waals surface area contributed by atoms with E-state index < -0.39 is 0 Å². The molecule has 2 amide bonds. The number of hydrogen-bond donors (Lipinski definition) is 1. The lowest BCUT2D eigenvalue weighted by molar-refractivity contribution is -0.132.